The molecule has 0 radical (unpaired) electrons. The van der Waals surface area contributed by atoms with E-state index in [-0.39, 0.29) is 12.5 Å². The smallest absolute Gasteiger partial charge is 0.245 e. The first-order valence-corrected chi connectivity index (χ1v) is 7.18. The zero-order chi connectivity index (χ0) is 15.2. The van der Waals surface area contributed by atoms with Crippen LogP contribution in [0.25, 0.3) is 11.3 Å². The lowest BCUT2D eigenvalue weighted by Gasteiger charge is -2.09. The number of ether oxygens (including phenoxy) is 2. The van der Waals surface area contributed by atoms with Gasteiger partial charge in [0.15, 0.2) is 5.13 Å². The molecule has 0 spiro atoms. The van der Waals surface area contributed by atoms with Crippen LogP contribution in [0, 0.1) is 0 Å². The molecule has 0 aliphatic heterocycles. The van der Waals surface area contributed by atoms with Gasteiger partial charge in [-0.3, -0.25) is 4.79 Å². The highest BCUT2D eigenvalue weighted by Crippen LogP contribution is 2.31. The van der Waals surface area contributed by atoms with E-state index in [1.54, 1.807) is 7.11 Å². The quantitative estimate of drug-likeness (QED) is 0.849. The van der Waals surface area contributed by atoms with E-state index in [0.717, 1.165) is 17.0 Å². The van der Waals surface area contributed by atoms with Gasteiger partial charge >= 0.3 is 0 Å². The third-order valence-electron chi connectivity index (χ3n) is 2.80. The van der Waals surface area contributed by atoms with Crippen molar-refractivity contribution < 1.29 is 14.3 Å². The number of anilines is 1. The van der Waals surface area contributed by atoms with Crippen LogP contribution in [-0.2, 0) is 9.53 Å². The van der Waals surface area contributed by atoms with Gasteiger partial charge in [-0.1, -0.05) is 12.1 Å². The van der Waals surface area contributed by atoms with Crippen molar-refractivity contribution in [3.05, 3.63) is 29.6 Å². The van der Waals surface area contributed by atoms with Crippen molar-refractivity contribution in [1.29, 1.82) is 0 Å². The van der Waals surface area contributed by atoms with Gasteiger partial charge in [0.25, 0.3) is 0 Å². The maximum Gasteiger partial charge on any atom is 0.245 e. The molecular weight excluding hydrogens is 290 g/mol. The molecule has 1 atom stereocenters. The van der Waals surface area contributed by atoms with Crippen LogP contribution in [0.2, 0.25) is 0 Å². The van der Waals surface area contributed by atoms with Crippen LogP contribution in [0.1, 0.15) is 0 Å². The SMILES string of the molecule is COCC(N)C(=O)Nc1nc(-c2ccccc2OC)cs1. The predicted molar refractivity (Wildman–Crippen MR) is 82.6 cm³/mol. The minimum absolute atomic E-state index is 0.163. The summed E-state index contributed by atoms with van der Waals surface area (Å²) in [6.07, 6.45) is 0. The van der Waals surface area contributed by atoms with Crippen molar-refractivity contribution in [2.75, 3.05) is 26.1 Å². The number of carbonyl (C=O) groups is 1. The van der Waals surface area contributed by atoms with Gasteiger partial charge in [0.1, 0.15) is 11.8 Å². The first-order valence-electron chi connectivity index (χ1n) is 6.30. The molecule has 1 heterocycles. The third kappa shape index (κ3) is 3.78. The number of methoxy groups -OCH3 is 2. The maximum atomic E-state index is 11.8. The Labute approximate surface area is 126 Å². The summed E-state index contributed by atoms with van der Waals surface area (Å²) in [6, 6.07) is 6.86. The highest BCUT2D eigenvalue weighted by atomic mass is 32.1. The van der Waals surface area contributed by atoms with Gasteiger partial charge < -0.3 is 20.5 Å². The van der Waals surface area contributed by atoms with Gasteiger partial charge in [-0.2, -0.15) is 0 Å². The number of hydrogen-bond acceptors (Lipinski definition) is 6. The molecule has 7 heteroatoms. The minimum Gasteiger partial charge on any atom is -0.496 e. The van der Waals surface area contributed by atoms with E-state index >= 15 is 0 Å². The molecule has 1 unspecified atom stereocenters. The third-order valence-corrected chi connectivity index (χ3v) is 3.56. The van der Waals surface area contributed by atoms with Crippen molar-refractivity contribution in [2.24, 2.45) is 5.73 Å². The largest absolute Gasteiger partial charge is 0.496 e. The summed E-state index contributed by atoms with van der Waals surface area (Å²) < 4.78 is 10.1. The molecule has 1 aromatic carbocycles. The number of carbonyl (C=O) groups excluding carboxylic acids is 1. The molecule has 0 fully saturated rings. The Balaban J connectivity index is 2.13. The average molecular weight is 307 g/mol. The van der Waals surface area contributed by atoms with E-state index in [0.29, 0.717) is 5.13 Å². The van der Waals surface area contributed by atoms with Crippen molar-refractivity contribution in [2.45, 2.75) is 6.04 Å². The van der Waals surface area contributed by atoms with Crippen LogP contribution >= 0.6 is 11.3 Å². The highest BCUT2D eigenvalue weighted by molar-refractivity contribution is 7.14. The Hall–Kier alpha value is -1.96. The van der Waals surface area contributed by atoms with Gasteiger partial charge in [0.05, 0.1) is 19.4 Å². The molecule has 6 nitrogen and oxygen atoms in total. The molecule has 1 aromatic heterocycles. The normalized spacial score (nSPS) is 12.0. The Bertz CT molecular complexity index is 615. The molecule has 2 rings (SSSR count). The first kappa shape index (κ1) is 15.4. The lowest BCUT2D eigenvalue weighted by molar-refractivity contribution is -0.118. The van der Waals surface area contributed by atoms with Crippen molar-refractivity contribution >= 4 is 22.4 Å². The summed E-state index contributed by atoms with van der Waals surface area (Å²) in [4.78, 5) is 16.2. The van der Waals surface area contributed by atoms with Crippen molar-refractivity contribution in [1.82, 2.24) is 4.98 Å². The first-order chi connectivity index (χ1) is 10.2. The number of amides is 1. The molecule has 1 amide bonds. The number of thiazole rings is 1. The number of rotatable bonds is 6. The van der Waals surface area contributed by atoms with Crippen LogP contribution in [0.3, 0.4) is 0 Å². The van der Waals surface area contributed by atoms with E-state index in [9.17, 15) is 4.79 Å². The number of hydrogen-bond donors (Lipinski definition) is 2. The fraction of sp³-hybridized carbons (Fsp3) is 0.286. The number of nitrogens with one attached hydrogen (secondary N) is 1. The summed E-state index contributed by atoms with van der Waals surface area (Å²) in [7, 11) is 3.11. The highest BCUT2D eigenvalue weighted by Gasteiger charge is 2.16. The van der Waals surface area contributed by atoms with Crippen LogP contribution in [-0.4, -0.2) is 37.8 Å². The number of para-hydroxylation sites is 1. The van der Waals surface area contributed by atoms with Crippen molar-refractivity contribution in [3.8, 4) is 17.0 Å². The molecule has 21 heavy (non-hydrogen) atoms. The molecule has 0 bridgehead atoms. The molecule has 0 aliphatic carbocycles. The Kier molecular flexibility index (Phi) is 5.26. The van der Waals surface area contributed by atoms with Gasteiger partial charge in [-0.15, -0.1) is 11.3 Å². The molecule has 0 saturated heterocycles. The Morgan fingerprint density at radius 1 is 1.43 bits per heavy atom. The molecule has 0 aliphatic rings. The maximum absolute atomic E-state index is 11.8. The summed E-state index contributed by atoms with van der Waals surface area (Å²) in [5.41, 5.74) is 7.28. The Morgan fingerprint density at radius 2 is 2.19 bits per heavy atom. The molecule has 0 saturated carbocycles. The number of nitrogens with zero attached hydrogens (tertiary/aromatic N) is 1. The van der Waals surface area contributed by atoms with Crippen molar-refractivity contribution in [3.63, 3.8) is 0 Å². The summed E-state index contributed by atoms with van der Waals surface area (Å²) in [5, 5.41) is 5.03. The van der Waals surface area contributed by atoms with Crippen LogP contribution in [0.4, 0.5) is 5.13 Å². The average Bonchev–Trinajstić information content (AvgIpc) is 2.95. The van der Waals surface area contributed by atoms with E-state index < -0.39 is 6.04 Å². The predicted octanol–water partition coefficient (Wildman–Crippen LogP) is 1.73. The lowest BCUT2D eigenvalue weighted by atomic mass is 10.1. The zero-order valence-corrected chi connectivity index (χ0v) is 12.6. The van der Waals surface area contributed by atoms with Crippen LogP contribution in [0.15, 0.2) is 29.6 Å². The standard InChI is InChI=1S/C14H17N3O3S/c1-19-7-10(15)13(18)17-14-16-11(8-21-14)9-5-3-4-6-12(9)20-2/h3-6,8,10H,7,15H2,1-2H3,(H,16,17,18). The van der Waals surface area contributed by atoms with E-state index in [1.165, 1.54) is 18.4 Å². The van der Waals surface area contributed by atoms with Gasteiger partial charge in [0, 0.05) is 18.1 Å². The Morgan fingerprint density at radius 3 is 2.90 bits per heavy atom. The monoisotopic (exact) mass is 307 g/mol. The summed E-state index contributed by atoms with van der Waals surface area (Å²) >= 11 is 1.33. The van der Waals surface area contributed by atoms with Crippen LogP contribution in [0.5, 0.6) is 5.75 Å². The lowest BCUT2D eigenvalue weighted by Crippen LogP contribution is -2.39. The van der Waals surface area contributed by atoms with Gasteiger partial charge in [0.2, 0.25) is 5.91 Å². The van der Waals surface area contributed by atoms with E-state index in [2.05, 4.69) is 10.3 Å². The molecular formula is C14H17N3O3S. The molecule has 2 aromatic rings. The minimum atomic E-state index is -0.714. The van der Waals surface area contributed by atoms with Crippen LogP contribution < -0.4 is 15.8 Å². The van der Waals surface area contributed by atoms with Gasteiger partial charge in [-0.25, -0.2) is 4.98 Å². The molecule has 3 N–H and O–H groups in total. The topological polar surface area (TPSA) is 86.5 Å². The fourth-order valence-corrected chi connectivity index (χ4v) is 2.48. The van der Waals surface area contributed by atoms with E-state index in [4.69, 9.17) is 15.2 Å². The fourth-order valence-electron chi connectivity index (χ4n) is 1.76. The van der Waals surface area contributed by atoms with Gasteiger partial charge in [-0.05, 0) is 12.1 Å². The van der Waals surface area contributed by atoms with E-state index in [1.807, 2.05) is 29.6 Å². The number of aromatic nitrogens is 1. The second-order valence-electron chi connectivity index (χ2n) is 4.29. The second-order valence-corrected chi connectivity index (χ2v) is 5.15. The summed E-state index contributed by atoms with van der Waals surface area (Å²) in [6.45, 7) is 0.163. The number of benzene rings is 1. The molecule has 112 valence electrons. The number of nitrogens with two attached hydrogens (primary N) is 1. The second kappa shape index (κ2) is 7.16. The zero-order valence-electron chi connectivity index (χ0n) is 11.8. The summed E-state index contributed by atoms with van der Waals surface area (Å²) in [5.74, 6) is 0.412.